The minimum absolute atomic E-state index is 0.512. The molecule has 19 heavy (non-hydrogen) atoms. The van der Waals surface area contributed by atoms with Crippen LogP contribution in [-0.4, -0.2) is 12.6 Å². The zero-order valence-corrected chi connectivity index (χ0v) is 13.3. The Hall–Kier alpha value is -0.300. The summed E-state index contributed by atoms with van der Waals surface area (Å²) in [7, 11) is 0. The van der Waals surface area contributed by atoms with Crippen LogP contribution in [0.3, 0.4) is 0 Å². The molecule has 1 fully saturated rings. The van der Waals surface area contributed by atoms with E-state index in [4.69, 9.17) is 0 Å². The van der Waals surface area contributed by atoms with Gasteiger partial charge in [-0.25, -0.2) is 0 Å². The molecule has 0 radical (unpaired) electrons. The lowest BCUT2D eigenvalue weighted by molar-refractivity contribution is 0.109. The first kappa shape index (κ1) is 15.1. The van der Waals surface area contributed by atoms with Gasteiger partial charge in [0.1, 0.15) is 0 Å². The Morgan fingerprint density at radius 2 is 2.05 bits per heavy atom. The van der Waals surface area contributed by atoms with Crippen LogP contribution in [0.2, 0.25) is 0 Å². The normalized spacial score (nSPS) is 29.4. The van der Waals surface area contributed by atoms with E-state index in [2.05, 4.69) is 32.2 Å². The first-order chi connectivity index (χ1) is 9.15. The molecule has 0 aromatic carbocycles. The number of nitrogens with one attached hydrogen (secondary N) is 1. The lowest BCUT2D eigenvalue weighted by Crippen LogP contribution is -2.46. The Kier molecular flexibility index (Phi) is 5.50. The monoisotopic (exact) mass is 263 g/mol. The molecule has 2 unspecified atom stereocenters. The molecule has 1 heteroatoms. The van der Waals surface area contributed by atoms with Gasteiger partial charge in [0.25, 0.3) is 0 Å². The van der Waals surface area contributed by atoms with Crippen molar-refractivity contribution in [3.8, 4) is 0 Å². The number of rotatable bonds is 4. The van der Waals surface area contributed by atoms with Crippen LogP contribution in [0.25, 0.3) is 0 Å². The van der Waals surface area contributed by atoms with Crippen LogP contribution >= 0.6 is 0 Å². The summed E-state index contributed by atoms with van der Waals surface area (Å²) in [6.07, 6.45) is 15.1. The molecule has 0 saturated heterocycles. The topological polar surface area (TPSA) is 12.0 Å². The Balaban J connectivity index is 2.15. The highest BCUT2D eigenvalue weighted by molar-refractivity contribution is 5.16. The second kappa shape index (κ2) is 6.92. The molecule has 0 spiro atoms. The molecule has 110 valence electrons. The highest BCUT2D eigenvalue weighted by Gasteiger charge is 2.38. The molecule has 1 saturated carbocycles. The number of allylic oxidation sites excluding steroid dienone is 1. The van der Waals surface area contributed by atoms with Crippen molar-refractivity contribution >= 4 is 0 Å². The predicted octanol–water partition coefficient (Wildman–Crippen LogP) is 5.07. The molecular formula is C18H33N. The summed E-state index contributed by atoms with van der Waals surface area (Å²) in [5.74, 6) is 0.838. The fourth-order valence-corrected chi connectivity index (χ4v) is 4.21. The molecular weight excluding hydrogens is 230 g/mol. The van der Waals surface area contributed by atoms with Gasteiger partial charge < -0.3 is 5.32 Å². The number of likely N-dealkylation sites (N-methyl/N-ethyl adjacent to an activating group) is 1. The van der Waals surface area contributed by atoms with Crippen LogP contribution in [0.15, 0.2) is 11.6 Å². The summed E-state index contributed by atoms with van der Waals surface area (Å²) in [6, 6.07) is 0.651. The van der Waals surface area contributed by atoms with Crippen LogP contribution < -0.4 is 5.32 Å². The molecule has 1 nitrogen and oxygen atoms in total. The average molecular weight is 263 g/mol. The third-order valence-corrected chi connectivity index (χ3v) is 5.39. The van der Waals surface area contributed by atoms with Crippen LogP contribution in [0.5, 0.6) is 0 Å². The lowest BCUT2D eigenvalue weighted by atomic mass is 9.64. The zero-order valence-electron chi connectivity index (χ0n) is 13.3. The fraction of sp³-hybridized carbons (Fsp3) is 0.889. The van der Waals surface area contributed by atoms with E-state index in [0.717, 1.165) is 12.5 Å². The summed E-state index contributed by atoms with van der Waals surface area (Å²) in [5.41, 5.74) is 2.25. The van der Waals surface area contributed by atoms with Gasteiger partial charge in [-0.1, -0.05) is 51.7 Å². The van der Waals surface area contributed by atoms with Crippen molar-refractivity contribution in [1.82, 2.24) is 5.32 Å². The van der Waals surface area contributed by atoms with Gasteiger partial charge in [-0.3, -0.25) is 0 Å². The Morgan fingerprint density at radius 1 is 1.21 bits per heavy atom. The average Bonchev–Trinajstić information content (AvgIpc) is 2.65. The molecule has 0 heterocycles. The maximum atomic E-state index is 3.84. The summed E-state index contributed by atoms with van der Waals surface area (Å²) in [5, 5.41) is 3.84. The van der Waals surface area contributed by atoms with E-state index in [1.54, 1.807) is 5.57 Å². The van der Waals surface area contributed by atoms with Crippen molar-refractivity contribution < 1.29 is 0 Å². The maximum Gasteiger partial charge on any atom is 0.0312 e. The number of hydrogen-bond acceptors (Lipinski definition) is 1. The van der Waals surface area contributed by atoms with Crippen molar-refractivity contribution in [2.75, 3.05) is 6.54 Å². The Labute approximate surface area is 120 Å². The van der Waals surface area contributed by atoms with Crippen molar-refractivity contribution in [3.05, 3.63) is 11.6 Å². The Bertz CT molecular complexity index is 303. The van der Waals surface area contributed by atoms with Crippen molar-refractivity contribution in [3.63, 3.8) is 0 Å². The van der Waals surface area contributed by atoms with Gasteiger partial charge in [0.15, 0.2) is 0 Å². The van der Waals surface area contributed by atoms with Gasteiger partial charge in [0.2, 0.25) is 0 Å². The van der Waals surface area contributed by atoms with Crippen molar-refractivity contribution in [2.24, 2.45) is 11.3 Å². The standard InChI is InChI=1S/C18H33N/c1-4-19-17(15-11-7-5-6-8-12-15)16-13-9-10-14-18(16,2)3/h11,16-17,19H,4-10,12-14H2,1-3H3. The Morgan fingerprint density at radius 3 is 2.79 bits per heavy atom. The first-order valence-corrected chi connectivity index (χ1v) is 8.57. The van der Waals surface area contributed by atoms with E-state index in [1.807, 2.05) is 0 Å². The van der Waals surface area contributed by atoms with E-state index < -0.39 is 0 Å². The first-order valence-electron chi connectivity index (χ1n) is 8.57. The van der Waals surface area contributed by atoms with Gasteiger partial charge >= 0.3 is 0 Å². The maximum absolute atomic E-state index is 3.84. The molecule has 0 bridgehead atoms. The molecule has 1 N–H and O–H groups in total. The fourth-order valence-electron chi connectivity index (χ4n) is 4.21. The highest BCUT2D eigenvalue weighted by atomic mass is 14.9. The van der Waals surface area contributed by atoms with Gasteiger partial charge in [-0.2, -0.15) is 0 Å². The molecule has 2 atom stereocenters. The van der Waals surface area contributed by atoms with E-state index in [-0.39, 0.29) is 0 Å². The van der Waals surface area contributed by atoms with E-state index >= 15 is 0 Å². The van der Waals surface area contributed by atoms with Crippen molar-refractivity contribution in [2.45, 2.75) is 84.6 Å². The van der Waals surface area contributed by atoms with Crippen LogP contribution in [0.1, 0.15) is 78.6 Å². The molecule has 0 aromatic heterocycles. The largest absolute Gasteiger partial charge is 0.310 e. The van der Waals surface area contributed by atoms with Crippen molar-refractivity contribution in [1.29, 1.82) is 0 Å². The third kappa shape index (κ3) is 3.84. The predicted molar refractivity (Wildman–Crippen MR) is 84.4 cm³/mol. The summed E-state index contributed by atoms with van der Waals surface area (Å²) >= 11 is 0. The molecule has 0 aliphatic heterocycles. The minimum Gasteiger partial charge on any atom is -0.310 e. The van der Waals surface area contributed by atoms with Gasteiger partial charge in [0.05, 0.1) is 0 Å². The van der Waals surface area contributed by atoms with Crippen LogP contribution in [0, 0.1) is 11.3 Å². The van der Waals surface area contributed by atoms with Gasteiger partial charge in [-0.05, 0) is 56.4 Å². The second-order valence-electron chi connectivity index (χ2n) is 7.25. The number of hydrogen-bond donors (Lipinski definition) is 1. The van der Waals surface area contributed by atoms with Crippen LogP contribution in [-0.2, 0) is 0 Å². The second-order valence-corrected chi connectivity index (χ2v) is 7.25. The summed E-state index contributed by atoms with van der Waals surface area (Å²) in [6.45, 7) is 8.37. The smallest absolute Gasteiger partial charge is 0.0312 e. The third-order valence-electron chi connectivity index (χ3n) is 5.39. The molecule has 2 aliphatic carbocycles. The SMILES string of the molecule is CCNC(C1=CCCCCC1)C1CCCCC1(C)C. The van der Waals surface area contributed by atoms with Crippen LogP contribution in [0.4, 0.5) is 0 Å². The molecule has 0 aromatic rings. The summed E-state index contributed by atoms with van der Waals surface area (Å²) < 4.78 is 0. The minimum atomic E-state index is 0.512. The molecule has 2 rings (SSSR count). The zero-order chi connectivity index (χ0) is 13.7. The molecule has 0 amide bonds. The van der Waals surface area contributed by atoms with E-state index in [0.29, 0.717) is 11.5 Å². The van der Waals surface area contributed by atoms with E-state index in [9.17, 15) is 0 Å². The van der Waals surface area contributed by atoms with E-state index in [1.165, 1.54) is 57.8 Å². The summed E-state index contributed by atoms with van der Waals surface area (Å²) in [4.78, 5) is 0. The molecule has 2 aliphatic rings. The van der Waals surface area contributed by atoms with Gasteiger partial charge in [0, 0.05) is 6.04 Å². The highest BCUT2D eigenvalue weighted by Crippen LogP contribution is 2.44. The van der Waals surface area contributed by atoms with Gasteiger partial charge in [-0.15, -0.1) is 0 Å². The quantitative estimate of drug-likeness (QED) is 0.698. The lowest BCUT2D eigenvalue weighted by Gasteiger charge is -2.44.